The Morgan fingerprint density at radius 2 is 0.885 bits per heavy atom. The summed E-state index contributed by atoms with van der Waals surface area (Å²) in [7, 11) is 0. The van der Waals surface area contributed by atoms with Crippen LogP contribution in [0.3, 0.4) is 0 Å². The highest BCUT2D eigenvalue weighted by molar-refractivity contribution is 6.33. The Labute approximate surface area is 303 Å². The largest absolute Gasteiger partial charge is 0.383 e. The molecule has 0 aliphatic rings. The highest BCUT2D eigenvalue weighted by Crippen LogP contribution is 2.42. The maximum atomic E-state index is 6.53. The van der Waals surface area contributed by atoms with E-state index in [2.05, 4.69) is 152 Å². The van der Waals surface area contributed by atoms with E-state index in [1.165, 1.54) is 59.8 Å². The molecule has 0 aliphatic carbocycles. The predicted octanol–water partition coefficient (Wildman–Crippen LogP) is 12.0. The summed E-state index contributed by atoms with van der Waals surface area (Å²) < 4.78 is 0. The lowest BCUT2D eigenvalue weighted by atomic mass is 9.87. The van der Waals surface area contributed by atoms with Gasteiger partial charge in [-0.2, -0.15) is 0 Å². The first-order valence-corrected chi connectivity index (χ1v) is 17.7. The maximum absolute atomic E-state index is 6.53. The molecule has 0 spiro atoms. The average Bonchev–Trinajstić information content (AvgIpc) is 3.23. The lowest BCUT2D eigenvalue weighted by molar-refractivity contribution is 1.06. The molecule has 0 fully saturated rings. The van der Waals surface area contributed by atoms with Gasteiger partial charge >= 0.3 is 0 Å². The van der Waals surface area contributed by atoms with Gasteiger partial charge in [0.1, 0.15) is 5.84 Å². The summed E-state index contributed by atoms with van der Waals surface area (Å²) in [4.78, 5) is 9.89. The van der Waals surface area contributed by atoms with Gasteiger partial charge in [0.15, 0.2) is 5.84 Å². The van der Waals surface area contributed by atoms with Crippen LogP contribution in [0, 0.1) is 0 Å². The van der Waals surface area contributed by atoms with E-state index in [4.69, 9.17) is 15.7 Å². The third kappa shape index (κ3) is 5.78. The smallest absolute Gasteiger partial charge is 0.157 e. The molecule has 0 amide bonds. The van der Waals surface area contributed by atoms with Crippen molar-refractivity contribution in [2.75, 3.05) is 0 Å². The van der Waals surface area contributed by atoms with Crippen LogP contribution < -0.4 is 5.73 Å². The molecule has 0 aliphatic heterocycles. The van der Waals surface area contributed by atoms with Crippen molar-refractivity contribution in [3.63, 3.8) is 0 Å². The third-order valence-electron chi connectivity index (χ3n) is 9.97. The molecule has 9 aromatic rings. The van der Waals surface area contributed by atoms with Crippen LogP contribution in [0.15, 0.2) is 198 Å². The van der Waals surface area contributed by atoms with Gasteiger partial charge in [-0.3, -0.25) is 4.99 Å². The van der Waals surface area contributed by atoms with Crippen molar-refractivity contribution in [2.24, 2.45) is 15.7 Å². The molecular formula is C49H35N3. The molecule has 0 atom stereocenters. The lowest BCUT2D eigenvalue weighted by Gasteiger charge is -2.16. The molecule has 0 radical (unpaired) electrons. The first-order valence-electron chi connectivity index (χ1n) is 17.7. The van der Waals surface area contributed by atoms with E-state index < -0.39 is 0 Å². The second-order valence-electron chi connectivity index (χ2n) is 13.1. The Balaban J connectivity index is 1.10. The first kappa shape index (κ1) is 31.2. The van der Waals surface area contributed by atoms with Gasteiger partial charge in [-0.05, 0) is 77.0 Å². The summed E-state index contributed by atoms with van der Waals surface area (Å²) in [6.45, 7) is 0.469. The van der Waals surface area contributed by atoms with Crippen LogP contribution in [-0.4, -0.2) is 11.7 Å². The maximum Gasteiger partial charge on any atom is 0.157 e. The molecule has 3 nitrogen and oxygen atoms in total. The van der Waals surface area contributed by atoms with Gasteiger partial charge in [-0.25, -0.2) is 4.99 Å². The molecular weight excluding hydrogens is 631 g/mol. The number of rotatable bonds is 6. The molecule has 3 heteroatoms. The van der Waals surface area contributed by atoms with Crippen LogP contribution in [0.2, 0.25) is 0 Å². The summed E-state index contributed by atoms with van der Waals surface area (Å²) in [6, 6.07) is 66.1. The van der Waals surface area contributed by atoms with Crippen molar-refractivity contribution in [3.05, 3.63) is 205 Å². The van der Waals surface area contributed by atoms with Crippen molar-refractivity contribution in [1.29, 1.82) is 0 Å². The normalized spacial score (nSPS) is 12.2. The molecule has 0 unspecified atom stereocenters. The van der Waals surface area contributed by atoms with E-state index in [-0.39, 0.29) is 0 Å². The minimum absolute atomic E-state index is 0.435. The van der Waals surface area contributed by atoms with Crippen molar-refractivity contribution >= 4 is 54.8 Å². The molecule has 0 saturated carbocycles. The third-order valence-corrected chi connectivity index (χ3v) is 9.97. The van der Waals surface area contributed by atoms with E-state index in [9.17, 15) is 0 Å². The molecule has 9 rings (SSSR count). The minimum Gasteiger partial charge on any atom is -0.383 e. The number of aliphatic imine (C=N–C) groups is 2. The highest BCUT2D eigenvalue weighted by atomic mass is 15.0. The number of nitrogens with two attached hydrogens (primary N) is 1. The zero-order valence-corrected chi connectivity index (χ0v) is 28.6. The summed E-state index contributed by atoms with van der Waals surface area (Å²) in [5, 5.41) is 10.2. The Hall–Kier alpha value is -6.84. The molecule has 2 N–H and O–H groups in total. The van der Waals surface area contributed by atoms with E-state index in [0.29, 0.717) is 18.2 Å². The Kier molecular flexibility index (Phi) is 8.07. The molecule has 0 heterocycles. The van der Waals surface area contributed by atoms with Crippen LogP contribution in [0.25, 0.3) is 65.3 Å². The second kappa shape index (κ2) is 13.5. The van der Waals surface area contributed by atoms with Crippen LogP contribution in [-0.2, 0) is 6.54 Å². The van der Waals surface area contributed by atoms with Gasteiger partial charge < -0.3 is 5.73 Å². The summed E-state index contributed by atoms with van der Waals surface area (Å²) in [5.74, 6) is 1.04. The number of benzene rings is 9. The monoisotopic (exact) mass is 665 g/mol. The zero-order chi connectivity index (χ0) is 34.9. The van der Waals surface area contributed by atoms with Crippen LogP contribution in [0.1, 0.15) is 16.7 Å². The standard InChI is InChI=1S/C49H35N3/c50-48(37-15-5-2-6-16-37)52-49(38-29-27-35(28-30-38)34-13-3-1-4-14-34)51-32-33-23-25-36(26-24-33)45-31-46-41-19-8-7-17-39(41)40-18-9-11-21-43(40)47(46)44-22-12-10-20-42(44)45/h1-31H,32H2,(H2,50,51,52). The topological polar surface area (TPSA) is 50.7 Å². The molecule has 0 saturated heterocycles. The quantitative estimate of drug-likeness (QED) is 0.107. The Morgan fingerprint density at radius 3 is 1.54 bits per heavy atom. The van der Waals surface area contributed by atoms with Crippen molar-refractivity contribution < 1.29 is 0 Å². The van der Waals surface area contributed by atoms with Gasteiger partial charge in [-0.15, -0.1) is 0 Å². The van der Waals surface area contributed by atoms with Crippen molar-refractivity contribution in [2.45, 2.75) is 6.54 Å². The van der Waals surface area contributed by atoms with E-state index in [1.807, 2.05) is 36.4 Å². The SMILES string of the molecule is NC(=NC(=NCc1ccc(-c2cc3c4ccccc4c4ccccc4c3c3ccccc23)cc1)c1ccc(-c2ccccc2)cc1)c1ccccc1. The van der Waals surface area contributed by atoms with Gasteiger partial charge in [0.05, 0.1) is 6.54 Å². The highest BCUT2D eigenvalue weighted by Gasteiger charge is 2.15. The fourth-order valence-corrected chi connectivity index (χ4v) is 7.38. The Morgan fingerprint density at radius 1 is 0.404 bits per heavy atom. The average molecular weight is 666 g/mol. The van der Waals surface area contributed by atoms with E-state index in [1.54, 1.807) is 0 Å². The number of amidine groups is 2. The zero-order valence-electron chi connectivity index (χ0n) is 28.6. The first-order chi connectivity index (χ1) is 25.7. The minimum atomic E-state index is 0.435. The molecule has 0 aromatic heterocycles. The second-order valence-corrected chi connectivity index (χ2v) is 13.1. The summed E-state index contributed by atoms with van der Waals surface area (Å²) >= 11 is 0. The molecule has 9 aromatic carbocycles. The fourth-order valence-electron chi connectivity index (χ4n) is 7.38. The Bertz CT molecular complexity index is 2780. The fraction of sp³-hybridized carbons (Fsp3) is 0.0204. The number of fused-ring (bicyclic) bond motifs is 8. The molecule has 52 heavy (non-hydrogen) atoms. The molecule has 246 valence electrons. The summed E-state index contributed by atoms with van der Waals surface area (Å²) in [6.07, 6.45) is 0. The van der Waals surface area contributed by atoms with Crippen molar-refractivity contribution in [1.82, 2.24) is 0 Å². The van der Waals surface area contributed by atoms with Gasteiger partial charge in [0, 0.05) is 11.1 Å². The van der Waals surface area contributed by atoms with Crippen LogP contribution in [0.5, 0.6) is 0 Å². The van der Waals surface area contributed by atoms with Gasteiger partial charge in [0.2, 0.25) is 0 Å². The van der Waals surface area contributed by atoms with E-state index in [0.717, 1.165) is 22.3 Å². The van der Waals surface area contributed by atoms with Crippen molar-refractivity contribution in [3.8, 4) is 22.3 Å². The molecule has 0 bridgehead atoms. The lowest BCUT2D eigenvalue weighted by Crippen LogP contribution is -2.16. The number of hydrogen-bond acceptors (Lipinski definition) is 1. The van der Waals surface area contributed by atoms with Crippen LogP contribution >= 0.6 is 0 Å². The van der Waals surface area contributed by atoms with Crippen LogP contribution in [0.4, 0.5) is 0 Å². The summed E-state index contributed by atoms with van der Waals surface area (Å²) in [5.41, 5.74) is 14.1. The van der Waals surface area contributed by atoms with Gasteiger partial charge in [0.25, 0.3) is 0 Å². The van der Waals surface area contributed by atoms with E-state index >= 15 is 0 Å². The number of hydrogen-bond donors (Lipinski definition) is 1. The number of nitrogens with zero attached hydrogens (tertiary/aromatic N) is 2. The predicted molar refractivity (Wildman–Crippen MR) is 221 cm³/mol. The van der Waals surface area contributed by atoms with Gasteiger partial charge in [-0.1, -0.05) is 182 Å².